The van der Waals surface area contributed by atoms with E-state index in [9.17, 15) is 0 Å². The van der Waals surface area contributed by atoms with E-state index in [1.807, 2.05) is 12.4 Å². The highest BCUT2D eigenvalue weighted by Gasteiger charge is 2.01. The van der Waals surface area contributed by atoms with Crippen LogP contribution in [-0.4, -0.2) is 24.1 Å². The lowest BCUT2D eigenvalue weighted by Crippen LogP contribution is -2.08. The molecular weight excluding hydrogens is 234 g/mol. The van der Waals surface area contributed by atoms with E-state index in [1.54, 1.807) is 0 Å². The molecule has 0 amide bonds. The molecular formula is C16H17N3. The Bertz CT molecular complexity index is 681. The van der Waals surface area contributed by atoms with Crippen LogP contribution >= 0.6 is 0 Å². The number of anilines is 1. The third kappa shape index (κ3) is 2.45. The molecule has 0 atom stereocenters. The number of rotatable bonds is 3. The number of fused-ring (bicyclic) bond motifs is 1. The van der Waals surface area contributed by atoms with E-state index >= 15 is 0 Å². The summed E-state index contributed by atoms with van der Waals surface area (Å²) in [4.78, 5) is 9.64. The molecule has 3 aromatic rings. The van der Waals surface area contributed by atoms with Crippen LogP contribution in [0.15, 0.2) is 48.8 Å². The van der Waals surface area contributed by atoms with Crippen molar-refractivity contribution in [2.75, 3.05) is 19.0 Å². The van der Waals surface area contributed by atoms with Crippen molar-refractivity contribution in [3.05, 3.63) is 59.9 Å². The Balaban J connectivity index is 1.83. The van der Waals surface area contributed by atoms with E-state index in [4.69, 9.17) is 0 Å². The predicted octanol–water partition coefficient (Wildman–Crippen LogP) is 3.22. The molecule has 3 heteroatoms. The van der Waals surface area contributed by atoms with Gasteiger partial charge in [0.2, 0.25) is 0 Å². The zero-order chi connectivity index (χ0) is 13.2. The number of aromatic amines is 1. The molecule has 2 aromatic heterocycles. The Hall–Kier alpha value is -2.29. The van der Waals surface area contributed by atoms with E-state index in [1.165, 1.54) is 22.2 Å². The zero-order valence-corrected chi connectivity index (χ0v) is 11.2. The number of benzene rings is 1. The molecule has 0 saturated carbocycles. The summed E-state index contributed by atoms with van der Waals surface area (Å²) >= 11 is 0. The van der Waals surface area contributed by atoms with E-state index in [2.05, 4.69) is 65.4 Å². The molecule has 1 aromatic carbocycles. The number of nitrogens with one attached hydrogen (secondary N) is 1. The summed E-state index contributed by atoms with van der Waals surface area (Å²) in [5.41, 5.74) is 4.72. The van der Waals surface area contributed by atoms with Crippen molar-refractivity contribution in [2.24, 2.45) is 0 Å². The lowest BCUT2D eigenvalue weighted by molar-refractivity contribution is 1.12. The first kappa shape index (κ1) is 11.8. The fourth-order valence-corrected chi connectivity index (χ4v) is 2.23. The summed E-state index contributed by atoms with van der Waals surface area (Å²) in [7, 11) is 4.11. The average Bonchev–Trinajstić information content (AvgIpc) is 2.87. The maximum Gasteiger partial charge on any atom is 0.137 e. The number of H-pyrrole nitrogens is 1. The van der Waals surface area contributed by atoms with Crippen molar-refractivity contribution in [3.8, 4) is 0 Å². The second-order valence-electron chi connectivity index (χ2n) is 5.00. The van der Waals surface area contributed by atoms with Crippen LogP contribution in [0.25, 0.3) is 11.0 Å². The van der Waals surface area contributed by atoms with Gasteiger partial charge in [-0.15, -0.1) is 0 Å². The predicted molar refractivity (Wildman–Crippen MR) is 79.7 cm³/mol. The van der Waals surface area contributed by atoms with Crippen molar-refractivity contribution < 1.29 is 0 Å². The number of hydrogen-bond donors (Lipinski definition) is 1. The number of hydrogen-bond acceptors (Lipinski definition) is 2. The molecule has 3 nitrogen and oxygen atoms in total. The van der Waals surface area contributed by atoms with Crippen molar-refractivity contribution >= 4 is 16.7 Å². The topological polar surface area (TPSA) is 31.9 Å². The highest BCUT2D eigenvalue weighted by molar-refractivity contribution is 5.75. The SMILES string of the molecule is CN(C)c1ccc(Cc2cnc3[nH]ccc3c2)cc1. The smallest absolute Gasteiger partial charge is 0.137 e. The summed E-state index contributed by atoms with van der Waals surface area (Å²) in [6.45, 7) is 0. The van der Waals surface area contributed by atoms with Crippen LogP contribution in [0, 0.1) is 0 Å². The summed E-state index contributed by atoms with van der Waals surface area (Å²) < 4.78 is 0. The van der Waals surface area contributed by atoms with Crippen LogP contribution in [0.5, 0.6) is 0 Å². The van der Waals surface area contributed by atoms with Crippen molar-refractivity contribution in [3.63, 3.8) is 0 Å². The van der Waals surface area contributed by atoms with Gasteiger partial charge < -0.3 is 9.88 Å². The molecule has 0 aliphatic rings. The van der Waals surface area contributed by atoms with Gasteiger partial charge in [0.1, 0.15) is 5.65 Å². The van der Waals surface area contributed by atoms with Gasteiger partial charge >= 0.3 is 0 Å². The van der Waals surface area contributed by atoms with Gasteiger partial charge in [-0.2, -0.15) is 0 Å². The van der Waals surface area contributed by atoms with Crippen LogP contribution in [-0.2, 0) is 6.42 Å². The second kappa shape index (κ2) is 4.76. The molecule has 0 unspecified atom stereocenters. The number of aromatic nitrogens is 2. The fourth-order valence-electron chi connectivity index (χ4n) is 2.23. The Morgan fingerprint density at radius 3 is 2.58 bits per heavy atom. The fraction of sp³-hybridized carbons (Fsp3) is 0.188. The highest BCUT2D eigenvalue weighted by Crippen LogP contribution is 2.17. The molecule has 0 spiro atoms. The largest absolute Gasteiger partial charge is 0.378 e. The monoisotopic (exact) mass is 251 g/mol. The minimum atomic E-state index is 0.918. The third-order valence-corrected chi connectivity index (χ3v) is 3.32. The molecule has 0 bridgehead atoms. The van der Waals surface area contributed by atoms with Gasteiger partial charge in [-0.25, -0.2) is 4.98 Å². The molecule has 0 radical (unpaired) electrons. The Kier molecular flexibility index (Phi) is 2.95. The van der Waals surface area contributed by atoms with Crippen molar-refractivity contribution in [1.29, 1.82) is 0 Å². The summed E-state index contributed by atoms with van der Waals surface area (Å²) in [6.07, 6.45) is 4.79. The molecule has 0 fully saturated rings. The third-order valence-electron chi connectivity index (χ3n) is 3.32. The van der Waals surface area contributed by atoms with Gasteiger partial charge in [-0.1, -0.05) is 12.1 Å². The maximum atomic E-state index is 4.42. The lowest BCUT2D eigenvalue weighted by Gasteiger charge is -2.12. The van der Waals surface area contributed by atoms with E-state index in [0.29, 0.717) is 0 Å². The standard InChI is InChI=1S/C16H17N3/c1-19(2)15-5-3-12(4-6-15)9-13-10-14-7-8-17-16(14)18-11-13/h3-8,10-11H,9H2,1-2H3,(H,17,18). The first-order valence-corrected chi connectivity index (χ1v) is 6.41. The minimum Gasteiger partial charge on any atom is -0.378 e. The molecule has 1 N–H and O–H groups in total. The Labute approximate surface area is 112 Å². The van der Waals surface area contributed by atoms with Gasteiger partial charge in [0.25, 0.3) is 0 Å². The summed E-state index contributed by atoms with van der Waals surface area (Å²) in [5.74, 6) is 0. The van der Waals surface area contributed by atoms with Gasteiger partial charge in [0, 0.05) is 37.6 Å². The van der Waals surface area contributed by atoms with Crippen molar-refractivity contribution in [2.45, 2.75) is 6.42 Å². The van der Waals surface area contributed by atoms with Gasteiger partial charge in [0.05, 0.1) is 0 Å². The van der Waals surface area contributed by atoms with Gasteiger partial charge in [-0.3, -0.25) is 0 Å². The molecule has 0 aliphatic carbocycles. The molecule has 0 saturated heterocycles. The molecule has 19 heavy (non-hydrogen) atoms. The lowest BCUT2D eigenvalue weighted by atomic mass is 10.1. The molecule has 2 heterocycles. The Morgan fingerprint density at radius 2 is 1.84 bits per heavy atom. The zero-order valence-electron chi connectivity index (χ0n) is 11.2. The average molecular weight is 251 g/mol. The van der Waals surface area contributed by atoms with Crippen molar-refractivity contribution in [1.82, 2.24) is 9.97 Å². The quantitative estimate of drug-likeness (QED) is 0.775. The first-order valence-electron chi connectivity index (χ1n) is 6.41. The van der Waals surface area contributed by atoms with Crippen LogP contribution < -0.4 is 4.90 Å². The van der Waals surface area contributed by atoms with E-state index < -0.39 is 0 Å². The van der Waals surface area contributed by atoms with Crippen LogP contribution in [0.4, 0.5) is 5.69 Å². The normalized spacial score (nSPS) is 10.8. The summed E-state index contributed by atoms with van der Waals surface area (Å²) in [5, 5.41) is 1.17. The highest BCUT2D eigenvalue weighted by atomic mass is 15.1. The second-order valence-corrected chi connectivity index (χ2v) is 5.00. The van der Waals surface area contributed by atoms with E-state index in [-0.39, 0.29) is 0 Å². The number of nitrogens with zero attached hydrogens (tertiary/aromatic N) is 2. The van der Waals surface area contributed by atoms with Crippen LogP contribution in [0.1, 0.15) is 11.1 Å². The first-order chi connectivity index (χ1) is 9.22. The van der Waals surface area contributed by atoms with Crippen LogP contribution in [0.3, 0.4) is 0 Å². The molecule has 0 aliphatic heterocycles. The van der Waals surface area contributed by atoms with Crippen LogP contribution in [0.2, 0.25) is 0 Å². The van der Waals surface area contributed by atoms with Gasteiger partial charge in [-0.05, 0) is 41.8 Å². The van der Waals surface area contributed by atoms with E-state index in [0.717, 1.165) is 12.1 Å². The summed E-state index contributed by atoms with van der Waals surface area (Å²) in [6, 6.07) is 12.9. The van der Waals surface area contributed by atoms with Gasteiger partial charge in [0.15, 0.2) is 0 Å². The Morgan fingerprint density at radius 1 is 1.05 bits per heavy atom. The number of pyridine rings is 1. The maximum absolute atomic E-state index is 4.42. The minimum absolute atomic E-state index is 0.918. The molecule has 96 valence electrons. The molecule has 3 rings (SSSR count).